The Balaban J connectivity index is 1.72. The average Bonchev–Trinajstić information content (AvgIpc) is 2.79. The molecule has 0 aromatic heterocycles. The topological polar surface area (TPSA) is 15.3 Å². The van der Waals surface area contributed by atoms with E-state index in [4.69, 9.17) is 0 Å². The van der Waals surface area contributed by atoms with Crippen LogP contribution in [0, 0.1) is 5.92 Å². The second-order valence-electron chi connectivity index (χ2n) is 5.12. The Bertz CT molecular complexity index is 181. The lowest BCUT2D eigenvalue weighted by Crippen LogP contribution is -2.39. The van der Waals surface area contributed by atoms with E-state index < -0.39 is 0 Å². The lowest BCUT2D eigenvalue weighted by Gasteiger charge is -2.32. The molecule has 0 radical (unpaired) electrons. The van der Waals surface area contributed by atoms with Crippen LogP contribution in [0.3, 0.4) is 0 Å². The highest BCUT2D eigenvalue weighted by Crippen LogP contribution is 2.38. The summed E-state index contributed by atoms with van der Waals surface area (Å²) in [6.45, 7) is 4.98. The average molecular weight is 196 g/mol. The van der Waals surface area contributed by atoms with Crippen molar-refractivity contribution in [3.05, 3.63) is 0 Å². The number of likely N-dealkylation sites (tertiary alicyclic amines) is 1. The Labute approximate surface area is 88.1 Å². The van der Waals surface area contributed by atoms with Gasteiger partial charge in [-0.3, -0.25) is 4.90 Å². The van der Waals surface area contributed by atoms with E-state index in [-0.39, 0.29) is 0 Å². The summed E-state index contributed by atoms with van der Waals surface area (Å²) in [7, 11) is 2.04. The fourth-order valence-electron chi connectivity index (χ4n) is 3.24. The quantitative estimate of drug-likeness (QED) is 0.675. The molecule has 14 heavy (non-hydrogen) atoms. The standard InChI is InChI=1S/C12H24N2/c1-10(4-3-7-13-2)14-9-11-5-6-12(14)8-11/h10-13H,3-9H2,1-2H3. The second kappa shape index (κ2) is 4.63. The SMILES string of the molecule is CNCCCC(C)N1CC2CCC1C2. The normalized spacial score (nSPS) is 33.9. The van der Waals surface area contributed by atoms with Gasteiger partial charge in [-0.25, -0.2) is 0 Å². The molecular formula is C12H24N2. The van der Waals surface area contributed by atoms with Crippen LogP contribution in [0.4, 0.5) is 0 Å². The lowest BCUT2D eigenvalue weighted by molar-refractivity contribution is 0.151. The molecule has 2 nitrogen and oxygen atoms in total. The summed E-state index contributed by atoms with van der Waals surface area (Å²) in [6, 6.07) is 1.77. The minimum Gasteiger partial charge on any atom is -0.320 e. The molecule has 0 aromatic carbocycles. The van der Waals surface area contributed by atoms with Gasteiger partial charge in [-0.05, 0) is 58.5 Å². The molecular weight excluding hydrogens is 172 g/mol. The predicted molar refractivity (Wildman–Crippen MR) is 60.5 cm³/mol. The monoisotopic (exact) mass is 196 g/mol. The van der Waals surface area contributed by atoms with Crippen LogP contribution in [0.1, 0.15) is 39.0 Å². The van der Waals surface area contributed by atoms with Crippen molar-refractivity contribution in [3.8, 4) is 0 Å². The molecule has 1 saturated carbocycles. The van der Waals surface area contributed by atoms with Gasteiger partial charge >= 0.3 is 0 Å². The molecule has 0 amide bonds. The second-order valence-corrected chi connectivity index (χ2v) is 5.12. The first-order chi connectivity index (χ1) is 6.81. The third-order valence-corrected chi connectivity index (χ3v) is 4.07. The predicted octanol–water partition coefficient (Wildman–Crippen LogP) is 1.86. The number of hydrogen-bond acceptors (Lipinski definition) is 2. The summed E-state index contributed by atoms with van der Waals surface area (Å²) in [5, 5.41) is 3.23. The Hall–Kier alpha value is -0.0800. The van der Waals surface area contributed by atoms with Crippen molar-refractivity contribution in [2.24, 2.45) is 5.92 Å². The van der Waals surface area contributed by atoms with Crippen LogP contribution < -0.4 is 5.32 Å². The third-order valence-electron chi connectivity index (χ3n) is 4.07. The van der Waals surface area contributed by atoms with Crippen LogP contribution in [0.2, 0.25) is 0 Å². The Kier molecular flexibility index (Phi) is 3.45. The van der Waals surface area contributed by atoms with Crippen molar-refractivity contribution in [2.45, 2.75) is 51.1 Å². The van der Waals surface area contributed by atoms with E-state index in [1.165, 1.54) is 45.2 Å². The van der Waals surface area contributed by atoms with Crippen LogP contribution in [0.25, 0.3) is 0 Å². The maximum absolute atomic E-state index is 3.23. The van der Waals surface area contributed by atoms with E-state index >= 15 is 0 Å². The molecule has 3 unspecified atom stereocenters. The summed E-state index contributed by atoms with van der Waals surface area (Å²) in [5.41, 5.74) is 0. The molecule has 3 atom stereocenters. The molecule has 1 N–H and O–H groups in total. The largest absolute Gasteiger partial charge is 0.320 e. The summed E-state index contributed by atoms with van der Waals surface area (Å²) in [4.78, 5) is 2.77. The molecule has 1 aliphatic heterocycles. The van der Waals surface area contributed by atoms with Gasteiger partial charge in [-0.15, -0.1) is 0 Å². The summed E-state index contributed by atoms with van der Waals surface area (Å²) in [6.07, 6.45) is 7.16. The molecule has 82 valence electrons. The van der Waals surface area contributed by atoms with Crippen LogP contribution in [0.15, 0.2) is 0 Å². The number of nitrogens with zero attached hydrogens (tertiary/aromatic N) is 1. The number of nitrogens with one attached hydrogen (secondary N) is 1. The van der Waals surface area contributed by atoms with E-state index in [9.17, 15) is 0 Å². The molecule has 2 heteroatoms. The van der Waals surface area contributed by atoms with E-state index in [0.717, 1.165) is 18.0 Å². The summed E-state index contributed by atoms with van der Waals surface area (Å²) >= 11 is 0. The van der Waals surface area contributed by atoms with Gasteiger partial charge in [0.25, 0.3) is 0 Å². The number of piperidine rings is 1. The molecule has 2 aliphatic rings. The zero-order chi connectivity index (χ0) is 9.97. The van der Waals surface area contributed by atoms with Gasteiger partial charge in [0.15, 0.2) is 0 Å². The third kappa shape index (κ3) is 2.12. The molecule has 2 fully saturated rings. The first-order valence-corrected chi connectivity index (χ1v) is 6.21. The Morgan fingerprint density at radius 2 is 2.29 bits per heavy atom. The summed E-state index contributed by atoms with van der Waals surface area (Å²) in [5.74, 6) is 1.05. The van der Waals surface area contributed by atoms with Gasteiger partial charge in [-0.1, -0.05) is 0 Å². The fraction of sp³-hybridized carbons (Fsp3) is 1.00. The molecule has 1 saturated heterocycles. The van der Waals surface area contributed by atoms with E-state index in [0.29, 0.717) is 0 Å². The van der Waals surface area contributed by atoms with Crippen LogP contribution in [0.5, 0.6) is 0 Å². The molecule has 1 aliphatic carbocycles. The van der Waals surface area contributed by atoms with Crippen LogP contribution in [-0.2, 0) is 0 Å². The van der Waals surface area contributed by atoms with Crippen molar-refractivity contribution < 1.29 is 0 Å². The van der Waals surface area contributed by atoms with Gasteiger partial charge in [0, 0.05) is 18.6 Å². The molecule has 2 rings (SSSR count). The fourth-order valence-corrected chi connectivity index (χ4v) is 3.24. The Morgan fingerprint density at radius 3 is 2.86 bits per heavy atom. The van der Waals surface area contributed by atoms with Crippen molar-refractivity contribution in [3.63, 3.8) is 0 Å². The minimum absolute atomic E-state index is 0.818. The zero-order valence-electron chi connectivity index (χ0n) is 9.63. The van der Waals surface area contributed by atoms with Gasteiger partial charge in [-0.2, -0.15) is 0 Å². The van der Waals surface area contributed by atoms with Gasteiger partial charge < -0.3 is 5.32 Å². The van der Waals surface area contributed by atoms with Crippen LogP contribution >= 0.6 is 0 Å². The molecule has 2 bridgehead atoms. The first-order valence-electron chi connectivity index (χ1n) is 6.21. The molecule has 1 heterocycles. The van der Waals surface area contributed by atoms with Crippen molar-refractivity contribution in [1.82, 2.24) is 10.2 Å². The van der Waals surface area contributed by atoms with Gasteiger partial charge in [0.1, 0.15) is 0 Å². The van der Waals surface area contributed by atoms with Crippen LogP contribution in [-0.4, -0.2) is 37.1 Å². The number of fused-ring (bicyclic) bond motifs is 2. The smallest absolute Gasteiger partial charge is 0.0101 e. The Morgan fingerprint density at radius 1 is 1.43 bits per heavy atom. The highest BCUT2D eigenvalue weighted by atomic mass is 15.2. The first kappa shape index (κ1) is 10.4. The van der Waals surface area contributed by atoms with Crippen molar-refractivity contribution in [2.75, 3.05) is 20.1 Å². The summed E-state index contributed by atoms with van der Waals surface area (Å²) < 4.78 is 0. The van der Waals surface area contributed by atoms with Crippen molar-refractivity contribution in [1.29, 1.82) is 0 Å². The molecule has 0 spiro atoms. The van der Waals surface area contributed by atoms with E-state index in [1.54, 1.807) is 0 Å². The lowest BCUT2D eigenvalue weighted by atomic mass is 10.1. The minimum atomic E-state index is 0.818. The number of hydrogen-bond donors (Lipinski definition) is 1. The van der Waals surface area contributed by atoms with Crippen molar-refractivity contribution >= 4 is 0 Å². The highest BCUT2D eigenvalue weighted by Gasteiger charge is 2.39. The van der Waals surface area contributed by atoms with Gasteiger partial charge in [0.2, 0.25) is 0 Å². The zero-order valence-corrected chi connectivity index (χ0v) is 9.63. The molecule has 0 aromatic rings. The highest BCUT2D eigenvalue weighted by molar-refractivity contribution is 4.94. The maximum atomic E-state index is 3.23. The van der Waals surface area contributed by atoms with Gasteiger partial charge in [0.05, 0.1) is 0 Å². The maximum Gasteiger partial charge on any atom is 0.0101 e. The van der Waals surface area contributed by atoms with E-state index in [1.807, 2.05) is 7.05 Å². The number of rotatable bonds is 5. The van der Waals surface area contributed by atoms with E-state index in [2.05, 4.69) is 17.1 Å².